The molecule has 2 aliphatic heterocycles. The van der Waals surface area contributed by atoms with Gasteiger partial charge in [0.1, 0.15) is 5.82 Å². The number of rotatable bonds is 4. The Balaban J connectivity index is 1.49. The number of likely N-dealkylation sites (tertiary alicyclic amines) is 2. The van der Waals surface area contributed by atoms with E-state index in [0.717, 1.165) is 24.3 Å². The molecule has 150 valence electrons. The lowest BCUT2D eigenvalue weighted by atomic mass is 9.87. The molecule has 1 aromatic carbocycles. The molecule has 0 bridgehead atoms. The second-order valence-electron chi connectivity index (χ2n) is 8.53. The van der Waals surface area contributed by atoms with Gasteiger partial charge in [-0.1, -0.05) is 30.5 Å². The lowest BCUT2D eigenvalue weighted by Crippen LogP contribution is -2.45. The number of carbonyl (C=O) groups is 1. The van der Waals surface area contributed by atoms with E-state index in [4.69, 9.17) is 0 Å². The van der Waals surface area contributed by atoms with E-state index in [1.807, 2.05) is 22.4 Å². The van der Waals surface area contributed by atoms with Gasteiger partial charge < -0.3 is 4.90 Å². The van der Waals surface area contributed by atoms with E-state index in [-0.39, 0.29) is 23.6 Å². The third-order valence-corrected chi connectivity index (χ3v) is 6.55. The Labute approximate surface area is 169 Å². The third-order valence-electron chi connectivity index (χ3n) is 6.03. The van der Waals surface area contributed by atoms with Crippen molar-refractivity contribution in [1.29, 1.82) is 0 Å². The van der Waals surface area contributed by atoms with Crippen LogP contribution in [0.25, 0.3) is 0 Å². The number of piperidine rings is 1. The van der Waals surface area contributed by atoms with E-state index in [0.29, 0.717) is 31.5 Å². The van der Waals surface area contributed by atoms with Crippen LogP contribution in [0, 0.1) is 17.7 Å². The van der Waals surface area contributed by atoms with Crippen LogP contribution in [0.4, 0.5) is 4.39 Å². The van der Waals surface area contributed by atoms with E-state index >= 15 is 0 Å². The predicted molar refractivity (Wildman–Crippen MR) is 108 cm³/mol. The molecule has 0 radical (unpaired) electrons. The van der Waals surface area contributed by atoms with E-state index < -0.39 is 0 Å². The van der Waals surface area contributed by atoms with Crippen molar-refractivity contribution in [2.45, 2.75) is 32.1 Å². The third kappa shape index (κ3) is 4.25. The summed E-state index contributed by atoms with van der Waals surface area (Å²) in [7, 11) is 0. The van der Waals surface area contributed by atoms with Crippen LogP contribution in [0.15, 0.2) is 29.6 Å². The number of nitrogens with zero attached hydrogens (tertiary/aromatic N) is 4. The van der Waals surface area contributed by atoms with E-state index in [9.17, 15) is 9.18 Å². The first-order chi connectivity index (χ1) is 13.5. The average molecular weight is 403 g/mol. The molecule has 1 aromatic heterocycles. The van der Waals surface area contributed by atoms with Crippen LogP contribution >= 0.6 is 11.5 Å². The van der Waals surface area contributed by atoms with Gasteiger partial charge in [0.15, 0.2) is 0 Å². The fourth-order valence-electron chi connectivity index (χ4n) is 4.90. The zero-order valence-electron chi connectivity index (χ0n) is 16.4. The molecule has 0 N–H and O–H groups in total. The Kier molecular flexibility index (Phi) is 5.73. The SMILES string of the molecule is C[C@@H]1C[C@H](C)CN(CC(=O)N2C[C@@H](c3ccc(F)cc3)[C@H](c3csnn3)C2)C1. The van der Waals surface area contributed by atoms with Crippen molar-refractivity contribution in [2.24, 2.45) is 11.8 Å². The zero-order chi connectivity index (χ0) is 19.7. The molecule has 1 amide bonds. The van der Waals surface area contributed by atoms with Crippen LogP contribution in [0.1, 0.15) is 43.4 Å². The number of carbonyl (C=O) groups excluding carboxylic acids is 1. The Morgan fingerprint density at radius 3 is 2.43 bits per heavy atom. The number of amides is 1. The second-order valence-corrected chi connectivity index (χ2v) is 9.14. The lowest BCUT2D eigenvalue weighted by molar-refractivity contribution is -0.132. The summed E-state index contributed by atoms with van der Waals surface area (Å²) in [6.45, 7) is 8.27. The number of hydrogen-bond donors (Lipinski definition) is 0. The Bertz CT molecular complexity index is 787. The molecule has 5 nitrogen and oxygen atoms in total. The Morgan fingerprint density at radius 1 is 1.11 bits per heavy atom. The maximum atomic E-state index is 13.4. The monoisotopic (exact) mass is 402 g/mol. The van der Waals surface area contributed by atoms with Crippen molar-refractivity contribution in [3.05, 3.63) is 46.7 Å². The summed E-state index contributed by atoms with van der Waals surface area (Å²) in [5, 5.41) is 6.23. The quantitative estimate of drug-likeness (QED) is 0.787. The zero-order valence-corrected chi connectivity index (χ0v) is 17.2. The fraction of sp³-hybridized carbons (Fsp3) is 0.571. The number of benzene rings is 1. The van der Waals surface area contributed by atoms with Crippen molar-refractivity contribution in [2.75, 3.05) is 32.7 Å². The minimum absolute atomic E-state index is 0.104. The van der Waals surface area contributed by atoms with Gasteiger partial charge in [-0.2, -0.15) is 0 Å². The van der Waals surface area contributed by atoms with Crippen LogP contribution in [-0.2, 0) is 4.79 Å². The van der Waals surface area contributed by atoms with Gasteiger partial charge in [0.2, 0.25) is 5.91 Å². The number of aromatic nitrogens is 2. The highest BCUT2D eigenvalue weighted by Gasteiger charge is 2.39. The summed E-state index contributed by atoms with van der Waals surface area (Å²) in [5.74, 6) is 1.43. The first-order valence-corrected chi connectivity index (χ1v) is 10.9. The Hall–Kier alpha value is -1.86. The largest absolute Gasteiger partial charge is 0.340 e. The topological polar surface area (TPSA) is 49.3 Å². The van der Waals surface area contributed by atoms with Crippen molar-refractivity contribution in [3.63, 3.8) is 0 Å². The average Bonchev–Trinajstić information content (AvgIpc) is 3.31. The summed E-state index contributed by atoms with van der Waals surface area (Å²) in [6.07, 6.45) is 1.24. The maximum absolute atomic E-state index is 13.4. The molecule has 0 saturated carbocycles. The van der Waals surface area contributed by atoms with Crippen LogP contribution < -0.4 is 0 Å². The van der Waals surface area contributed by atoms with Crippen molar-refractivity contribution < 1.29 is 9.18 Å². The highest BCUT2D eigenvalue weighted by Crippen LogP contribution is 2.39. The fourth-order valence-corrected chi connectivity index (χ4v) is 5.42. The van der Waals surface area contributed by atoms with Gasteiger partial charge in [-0.25, -0.2) is 4.39 Å². The molecular weight excluding hydrogens is 375 g/mol. The highest BCUT2D eigenvalue weighted by molar-refractivity contribution is 7.03. The molecule has 7 heteroatoms. The van der Waals surface area contributed by atoms with Gasteiger partial charge >= 0.3 is 0 Å². The summed E-state index contributed by atoms with van der Waals surface area (Å²) < 4.78 is 17.4. The maximum Gasteiger partial charge on any atom is 0.236 e. The normalized spacial score (nSPS) is 28.6. The molecule has 0 aliphatic carbocycles. The molecular formula is C21H27FN4OS. The minimum Gasteiger partial charge on any atom is -0.340 e. The van der Waals surface area contributed by atoms with Gasteiger partial charge in [-0.15, -0.1) is 5.10 Å². The molecule has 0 spiro atoms. The van der Waals surface area contributed by atoms with Crippen molar-refractivity contribution in [1.82, 2.24) is 19.4 Å². The van der Waals surface area contributed by atoms with Crippen molar-refractivity contribution >= 4 is 17.4 Å². The molecule has 28 heavy (non-hydrogen) atoms. The van der Waals surface area contributed by atoms with Crippen LogP contribution in [0.5, 0.6) is 0 Å². The van der Waals surface area contributed by atoms with Gasteiger partial charge in [-0.05, 0) is 47.5 Å². The summed E-state index contributed by atoms with van der Waals surface area (Å²) in [4.78, 5) is 17.3. The smallest absolute Gasteiger partial charge is 0.236 e. The van der Waals surface area contributed by atoms with Crippen molar-refractivity contribution in [3.8, 4) is 0 Å². The molecule has 4 rings (SSSR count). The molecule has 4 atom stereocenters. The second kappa shape index (κ2) is 8.25. The summed E-state index contributed by atoms with van der Waals surface area (Å²) >= 11 is 1.33. The van der Waals surface area contributed by atoms with Gasteiger partial charge in [0.25, 0.3) is 0 Å². The number of hydrogen-bond acceptors (Lipinski definition) is 5. The Morgan fingerprint density at radius 2 is 1.79 bits per heavy atom. The summed E-state index contributed by atoms with van der Waals surface area (Å²) in [5.41, 5.74) is 1.98. The molecule has 2 saturated heterocycles. The van der Waals surface area contributed by atoms with Gasteiger partial charge in [-0.3, -0.25) is 9.69 Å². The van der Waals surface area contributed by atoms with E-state index in [2.05, 4.69) is 28.3 Å². The number of halogens is 1. The van der Waals surface area contributed by atoms with Gasteiger partial charge in [0.05, 0.1) is 12.2 Å². The first-order valence-electron chi connectivity index (χ1n) is 10.0. The lowest BCUT2D eigenvalue weighted by Gasteiger charge is -2.35. The molecule has 2 aromatic rings. The first kappa shape index (κ1) is 19.5. The molecule has 3 heterocycles. The van der Waals surface area contributed by atoms with Gasteiger partial charge in [0, 0.05) is 43.4 Å². The minimum atomic E-state index is -0.241. The van der Waals surface area contributed by atoms with Crippen LogP contribution in [-0.4, -0.2) is 58.0 Å². The summed E-state index contributed by atoms with van der Waals surface area (Å²) in [6, 6.07) is 6.64. The molecule has 2 aliphatic rings. The molecule has 2 fully saturated rings. The van der Waals surface area contributed by atoms with Crippen LogP contribution in [0.2, 0.25) is 0 Å². The highest BCUT2D eigenvalue weighted by atomic mass is 32.1. The van der Waals surface area contributed by atoms with Crippen LogP contribution in [0.3, 0.4) is 0 Å². The predicted octanol–water partition coefficient (Wildman–Crippen LogP) is 3.36. The van der Waals surface area contributed by atoms with E-state index in [1.165, 1.54) is 30.1 Å². The molecule has 0 unspecified atom stereocenters. The van der Waals surface area contributed by atoms with E-state index in [1.54, 1.807) is 0 Å². The standard InChI is InChI=1S/C21H27FN4OS/c1-14-7-15(2)9-25(8-14)12-21(27)26-10-18(16-3-5-17(22)6-4-16)19(11-26)20-13-28-24-23-20/h3-6,13-15,18-19H,7-12H2,1-2H3/t14-,15+,18-,19+/m0/s1.